The topological polar surface area (TPSA) is 65.8 Å². The number of morpholine rings is 1. The number of nitrogens with zero attached hydrogens (tertiary/aromatic N) is 3. The van der Waals surface area contributed by atoms with Gasteiger partial charge in [-0.1, -0.05) is 30.3 Å². The molecule has 0 radical (unpaired) electrons. The fourth-order valence-corrected chi connectivity index (χ4v) is 4.43. The fraction of sp³-hybridized carbons (Fsp3) is 0.417. The summed E-state index contributed by atoms with van der Waals surface area (Å²) in [7, 11) is 1.63. The summed E-state index contributed by atoms with van der Waals surface area (Å²) >= 11 is 0. The first kappa shape index (κ1) is 20.4. The van der Waals surface area contributed by atoms with Crippen molar-refractivity contribution in [3.05, 3.63) is 65.2 Å². The maximum Gasteiger partial charge on any atom is 0.227 e. The molecule has 4 rings (SSSR count). The van der Waals surface area contributed by atoms with Crippen LogP contribution in [0.5, 0.6) is 5.75 Å². The number of carbonyl (C=O) groups excluding carboxylic acids is 1. The van der Waals surface area contributed by atoms with E-state index in [9.17, 15) is 4.79 Å². The van der Waals surface area contributed by atoms with Crippen LogP contribution in [0.4, 0.5) is 0 Å². The van der Waals surface area contributed by atoms with Crippen molar-refractivity contribution in [1.82, 2.24) is 9.80 Å². The first-order valence-corrected chi connectivity index (χ1v) is 10.4. The largest absolute Gasteiger partial charge is 0.496 e. The van der Waals surface area contributed by atoms with Crippen molar-refractivity contribution in [1.29, 1.82) is 5.26 Å². The Kier molecular flexibility index (Phi) is 6.03. The molecule has 1 atom stereocenters. The van der Waals surface area contributed by atoms with Crippen LogP contribution in [0.25, 0.3) is 0 Å². The molecule has 6 nitrogen and oxygen atoms in total. The molecular weight excluding hydrogens is 378 g/mol. The predicted molar refractivity (Wildman–Crippen MR) is 113 cm³/mol. The second-order valence-electron chi connectivity index (χ2n) is 8.10. The molecule has 156 valence electrons. The number of amides is 1. The van der Waals surface area contributed by atoms with Crippen LogP contribution in [0.2, 0.25) is 0 Å². The normalized spacial score (nSPS) is 21.5. The van der Waals surface area contributed by atoms with Crippen molar-refractivity contribution in [2.75, 3.05) is 39.9 Å². The van der Waals surface area contributed by atoms with Crippen molar-refractivity contribution >= 4 is 5.91 Å². The minimum atomic E-state index is -0.290. The number of benzene rings is 2. The van der Waals surface area contributed by atoms with Gasteiger partial charge >= 0.3 is 0 Å². The van der Waals surface area contributed by atoms with Crippen LogP contribution < -0.4 is 4.74 Å². The van der Waals surface area contributed by atoms with E-state index >= 15 is 0 Å². The van der Waals surface area contributed by atoms with Gasteiger partial charge in [0.2, 0.25) is 5.91 Å². The molecule has 1 amide bonds. The lowest BCUT2D eigenvalue weighted by molar-refractivity contribution is -0.148. The molecule has 0 aliphatic carbocycles. The van der Waals surface area contributed by atoms with E-state index in [1.807, 2.05) is 53.4 Å². The molecule has 2 heterocycles. The van der Waals surface area contributed by atoms with E-state index in [1.54, 1.807) is 7.11 Å². The Balaban J connectivity index is 1.37. The van der Waals surface area contributed by atoms with E-state index in [0.29, 0.717) is 31.7 Å². The van der Waals surface area contributed by atoms with Crippen LogP contribution in [0.3, 0.4) is 0 Å². The predicted octanol–water partition coefficient (Wildman–Crippen LogP) is 2.61. The molecule has 2 aromatic rings. The van der Waals surface area contributed by atoms with E-state index in [1.165, 1.54) is 5.56 Å². The third kappa shape index (κ3) is 4.48. The van der Waals surface area contributed by atoms with E-state index < -0.39 is 0 Å². The average molecular weight is 405 g/mol. The number of rotatable bonds is 5. The molecule has 0 saturated carbocycles. The van der Waals surface area contributed by atoms with E-state index in [2.05, 4.69) is 11.0 Å². The highest BCUT2D eigenvalue weighted by molar-refractivity contribution is 5.79. The number of hydrogen-bond acceptors (Lipinski definition) is 5. The number of carbonyl (C=O) groups is 1. The van der Waals surface area contributed by atoms with E-state index in [0.717, 1.165) is 37.4 Å². The Morgan fingerprint density at radius 1 is 1.17 bits per heavy atom. The molecule has 2 saturated heterocycles. The summed E-state index contributed by atoms with van der Waals surface area (Å²) in [6.07, 6.45) is 1.26. The highest BCUT2D eigenvalue weighted by atomic mass is 16.5. The Morgan fingerprint density at radius 2 is 1.97 bits per heavy atom. The quantitative estimate of drug-likeness (QED) is 0.765. The van der Waals surface area contributed by atoms with Gasteiger partial charge in [-0.25, -0.2) is 0 Å². The minimum Gasteiger partial charge on any atom is -0.496 e. The average Bonchev–Trinajstić information content (AvgIpc) is 3.16. The van der Waals surface area contributed by atoms with Gasteiger partial charge in [-0.3, -0.25) is 9.69 Å². The highest BCUT2D eigenvalue weighted by Gasteiger charge is 2.43. The number of likely N-dealkylation sites (tertiary alicyclic amines) is 1. The summed E-state index contributed by atoms with van der Waals surface area (Å²) in [5.74, 6) is 0.871. The molecule has 6 heteroatoms. The van der Waals surface area contributed by atoms with Crippen molar-refractivity contribution in [2.45, 2.75) is 25.0 Å². The van der Waals surface area contributed by atoms with Crippen LogP contribution in [-0.2, 0) is 22.5 Å². The number of nitriles is 1. The maximum atomic E-state index is 13.0. The lowest BCUT2D eigenvalue weighted by Gasteiger charge is -2.40. The second kappa shape index (κ2) is 8.86. The monoisotopic (exact) mass is 405 g/mol. The van der Waals surface area contributed by atoms with Gasteiger partial charge in [-0.05, 0) is 30.2 Å². The molecule has 2 aliphatic rings. The smallest absolute Gasteiger partial charge is 0.227 e. The number of ether oxygens (including phenoxy) is 2. The highest BCUT2D eigenvalue weighted by Crippen LogP contribution is 2.31. The third-order valence-corrected chi connectivity index (χ3v) is 6.02. The molecule has 2 fully saturated rings. The number of para-hydroxylation sites is 1. The summed E-state index contributed by atoms with van der Waals surface area (Å²) in [5.41, 5.74) is 2.49. The van der Waals surface area contributed by atoms with Gasteiger partial charge in [-0.15, -0.1) is 0 Å². The fourth-order valence-electron chi connectivity index (χ4n) is 4.43. The Hall–Kier alpha value is -2.88. The molecule has 0 aromatic heterocycles. The maximum absolute atomic E-state index is 13.0. The summed E-state index contributed by atoms with van der Waals surface area (Å²) in [6.45, 7) is 4.41. The zero-order valence-corrected chi connectivity index (χ0v) is 17.3. The first-order chi connectivity index (χ1) is 14.6. The minimum absolute atomic E-state index is 0.118. The zero-order valence-electron chi connectivity index (χ0n) is 17.3. The third-order valence-electron chi connectivity index (χ3n) is 6.02. The molecule has 0 bridgehead atoms. The van der Waals surface area contributed by atoms with Crippen molar-refractivity contribution in [3.8, 4) is 11.8 Å². The van der Waals surface area contributed by atoms with Crippen LogP contribution in [0, 0.1) is 11.3 Å². The van der Waals surface area contributed by atoms with Gasteiger partial charge in [0.05, 0.1) is 43.9 Å². The van der Waals surface area contributed by atoms with Gasteiger partial charge in [0.25, 0.3) is 0 Å². The SMILES string of the molecule is COc1ccccc1CC(=O)N1CCOC2(CCN(Cc3ccc(C#N)cc3)C2)C1. The van der Waals surface area contributed by atoms with E-state index in [-0.39, 0.29) is 11.5 Å². The van der Waals surface area contributed by atoms with Crippen LogP contribution in [0.15, 0.2) is 48.5 Å². The molecule has 1 spiro atoms. The summed E-state index contributed by atoms with van der Waals surface area (Å²) < 4.78 is 11.6. The molecule has 30 heavy (non-hydrogen) atoms. The van der Waals surface area contributed by atoms with Crippen molar-refractivity contribution < 1.29 is 14.3 Å². The molecular formula is C24H27N3O3. The summed E-state index contributed by atoms with van der Waals surface area (Å²) in [4.78, 5) is 17.3. The van der Waals surface area contributed by atoms with Crippen LogP contribution in [-0.4, -0.2) is 61.2 Å². The standard InChI is InChI=1S/C24H27N3O3/c1-29-22-5-3-2-4-21(22)14-23(28)27-12-13-30-24(18-27)10-11-26(17-24)16-20-8-6-19(15-25)7-9-20/h2-9H,10-14,16-18H2,1H3. The molecule has 0 N–H and O–H groups in total. The van der Waals surface area contributed by atoms with Crippen LogP contribution >= 0.6 is 0 Å². The summed E-state index contributed by atoms with van der Waals surface area (Å²) in [5, 5.41) is 8.95. The van der Waals surface area contributed by atoms with Gasteiger partial charge in [0.15, 0.2) is 0 Å². The first-order valence-electron chi connectivity index (χ1n) is 10.4. The zero-order chi connectivity index (χ0) is 21.0. The van der Waals surface area contributed by atoms with Crippen molar-refractivity contribution in [2.24, 2.45) is 0 Å². The van der Waals surface area contributed by atoms with Gasteiger partial charge in [-0.2, -0.15) is 5.26 Å². The van der Waals surface area contributed by atoms with Gasteiger partial charge in [0.1, 0.15) is 5.75 Å². The summed E-state index contributed by atoms with van der Waals surface area (Å²) in [6, 6.07) is 17.6. The Morgan fingerprint density at radius 3 is 2.73 bits per heavy atom. The molecule has 2 aromatic carbocycles. The number of methoxy groups -OCH3 is 1. The van der Waals surface area contributed by atoms with E-state index in [4.69, 9.17) is 14.7 Å². The number of hydrogen-bond donors (Lipinski definition) is 0. The Bertz CT molecular complexity index is 937. The Labute approximate surface area is 177 Å². The van der Waals surface area contributed by atoms with Gasteiger partial charge in [0, 0.05) is 31.7 Å². The van der Waals surface area contributed by atoms with Crippen LogP contribution in [0.1, 0.15) is 23.1 Å². The lowest BCUT2D eigenvalue weighted by Crippen LogP contribution is -2.55. The second-order valence-corrected chi connectivity index (χ2v) is 8.10. The molecule has 1 unspecified atom stereocenters. The molecule has 2 aliphatic heterocycles. The van der Waals surface area contributed by atoms with Crippen molar-refractivity contribution in [3.63, 3.8) is 0 Å². The lowest BCUT2D eigenvalue weighted by atomic mass is 10.00. The van der Waals surface area contributed by atoms with Gasteiger partial charge < -0.3 is 14.4 Å².